The lowest BCUT2D eigenvalue weighted by atomic mass is 10.1. The highest BCUT2D eigenvalue weighted by Gasteiger charge is 2.33. The summed E-state index contributed by atoms with van der Waals surface area (Å²) in [5, 5.41) is 0. The molecule has 20 heavy (non-hydrogen) atoms. The number of nitrogens with zero attached hydrogens (tertiary/aromatic N) is 2. The summed E-state index contributed by atoms with van der Waals surface area (Å²) in [6, 6.07) is 11.7. The predicted molar refractivity (Wildman–Crippen MR) is 76.9 cm³/mol. The lowest BCUT2D eigenvalue weighted by Gasteiger charge is -2.39. The van der Waals surface area contributed by atoms with E-state index in [0.29, 0.717) is 13.1 Å². The SMILES string of the molecule is Cc1ccccc1OC1CN(C(=O)c2cccn2C)C1. The first-order chi connectivity index (χ1) is 9.65. The van der Waals surface area contributed by atoms with Crippen LogP contribution in [0.2, 0.25) is 0 Å². The number of para-hydroxylation sites is 1. The van der Waals surface area contributed by atoms with Gasteiger partial charge in [-0.15, -0.1) is 0 Å². The summed E-state index contributed by atoms with van der Waals surface area (Å²) in [7, 11) is 1.88. The molecule has 0 spiro atoms. The molecular formula is C16H18N2O2. The maximum atomic E-state index is 12.2. The van der Waals surface area contributed by atoms with E-state index in [9.17, 15) is 4.79 Å². The number of likely N-dealkylation sites (tertiary alicyclic amines) is 1. The third kappa shape index (κ3) is 2.29. The van der Waals surface area contributed by atoms with Crippen LogP contribution in [0.5, 0.6) is 5.75 Å². The van der Waals surface area contributed by atoms with Gasteiger partial charge in [-0.1, -0.05) is 18.2 Å². The molecule has 0 radical (unpaired) electrons. The number of aryl methyl sites for hydroxylation is 2. The molecule has 4 nitrogen and oxygen atoms in total. The smallest absolute Gasteiger partial charge is 0.270 e. The number of amides is 1. The summed E-state index contributed by atoms with van der Waals surface area (Å²) >= 11 is 0. The van der Waals surface area contributed by atoms with Crippen molar-refractivity contribution in [2.75, 3.05) is 13.1 Å². The Balaban J connectivity index is 1.58. The summed E-state index contributed by atoms with van der Waals surface area (Å²) < 4.78 is 7.75. The normalized spacial score (nSPS) is 15.0. The molecule has 2 aromatic rings. The molecule has 0 bridgehead atoms. The van der Waals surface area contributed by atoms with Gasteiger partial charge in [0, 0.05) is 13.2 Å². The molecular weight excluding hydrogens is 252 g/mol. The van der Waals surface area contributed by atoms with Gasteiger partial charge in [-0.25, -0.2) is 0 Å². The van der Waals surface area contributed by atoms with E-state index in [4.69, 9.17) is 4.74 Å². The minimum atomic E-state index is 0.0714. The number of hydrogen-bond donors (Lipinski definition) is 0. The molecule has 0 aliphatic carbocycles. The molecule has 1 amide bonds. The Labute approximate surface area is 118 Å². The van der Waals surface area contributed by atoms with Gasteiger partial charge in [0.2, 0.25) is 0 Å². The maximum absolute atomic E-state index is 12.2. The van der Waals surface area contributed by atoms with Gasteiger partial charge >= 0.3 is 0 Å². The van der Waals surface area contributed by atoms with E-state index in [2.05, 4.69) is 0 Å². The van der Waals surface area contributed by atoms with Crippen molar-refractivity contribution in [2.24, 2.45) is 7.05 Å². The zero-order chi connectivity index (χ0) is 14.1. The van der Waals surface area contributed by atoms with Gasteiger partial charge in [-0.3, -0.25) is 4.79 Å². The number of rotatable bonds is 3. The Morgan fingerprint density at radius 1 is 1.20 bits per heavy atom. The van der Waals surface area contributed by atoms with Crippen molar-refractivity contribution < 1.29 is 9.53 Å². The molecule has 0 atom stereocenters. The largest absolute Gasteiger partial charge is 0.486 e. The van der Waals surface area contributed by atoms with Crippen LogP contribution in [0.3, 0.4) is 0 Å². The fourth-order valence-corrected chi connectivity index (χ4v) is 2.39. The van der Waals surface area contributed by atoms with E-state index in [1.54, 1.807) is 0 Å². The van der Waals surface area contributed by atoms with Crippen molar-refractivity contribution in [2.45, 2.75) is 13.0 Å². The molecule has 1 fully saturated rings. The van der Waals surface area contributed by atoms with Gasteiger partial charge in [0.15, 0.2) is 0 Å². The number of carbonyl (C=O) groups is 1. The van der Waals surface area contributed by atoms with E-state index in [-0.39, 0.29) is 12.0 Å². The molecule has 0 saturated carbocycles. The van der Waals surface area contributed by atoms with Crippen LogP contribution >= 0.6 is 0 Å². The van der Waals surface area contributed by atoms with Crippen LogP contribution in [0.4, 0.5) is 0 Å². The zero-order valence-corrected chi connectivity index (χ0v) is 11.7. The van der Waals surface area contributed by atoms with E-state index in [0.717, 1.165) is 17.0 Å². The molecule has 2 heterocycles. The Morgan fingerprint density at radius 3 is 2.60 bits per heavy atom. The van der Waals surface area contributed by atoms with Crippen LogP contribution in [-0.2, 0) is 7.05 Å². The van der Waals surface area contributed by atoms with Crippen LogP contribution in [-0.4, -0.2) is 34.6 Å². The average molecular weight is 270 g/mol. The molecule has 104 valence electrons. The monoisotopic (exact) mass is 270 g/mol. The van der Waals surface area contributed by atoms with Crippen LogP contribution in [0.1, 0.15) is 16.1 Å². The third-order valence-corrected chi connectivity index (χ3v) is 3.69. The maximum Gasteiger partial charge on any atom is 0.270 e. The highest BCUT2D eigenvalue weighted by Crippen LogP contribution is 2.22. The zero-order valence-electron chi connectivity index (χ0n) is 11.7. The molecule has 1 aromatic heterocycles. The lowest BCUT2D eigenvalue weighted by Crippen LogP contribution is -2.56. The highest BCUT2D eigenvalue weighted by atomic mass is 16.5. The second kappa shape index (κ2) is 5.04. The quantitative estimate of drug-likeness (QED) is 0.857. The van der Waals surface area contributed by atoms with E-state index in [1.165, 1.54) is 0 Å². The Bertz CT molecular complexity index is 627. The predicted octanol–water partition coefficient (Wildman–Crippen LogP) is 2.24. The summed E-state index contributed by atoms with van der Waals surface area (Å²) in [6.07, 6.45) is 1.98. The summed E-state index contributed by atoms with van der Waals surface area (Å²) in [5.41, 5.74) is 1.85. The first kappa shape index (κ1) is 12.8. The minimum absolute atomic E-state index is 0.0714. The molecule has 1 saturated heterocycles. The number of ether oxygens (including phenoxy) is 1. The Hall–Kier alpha value is -2.23. The molecule has 1 aromatic carbocycles. The molecule has 4 heteroatoms. The van der Waals surface area contributed by atoms with Crippen molar-refractivity contribution in [1.82, 2.24) is 9.47 Å². The number of carbonyl (C=O) groups excluding carboxylic acids is 1. The van der Waals surface area contributed by atoms with Gasteiger partial charge < -0.3 is 14.2 Å². The fourth-order valence-electron chi connectivity index (χ4n) is 2.39. The second-order valence-corrected chi connectivity index (χ2v) is 5.22. The number of benzene rings is 1. The van der Waals surface area contributed by atoms with Gasteiger partial charge in [-0.05, 0) is 30.7 Å². The van der Waals surface area contributed by atoms with Gasteiger partial charge in [0.25, 0.3) is 5.91 Å². The second-order valence-electron chi connectivity index (χ2n) is 5.22. The molecule has 0 N–H and O–H groups in total. The molecule has 1 aliphatic rings. The van der Waals surface area contributed by atoms with Crippen molar-refractivity contribution in [3.63, 3.8) is 0 Å². The van der Waals surface area contributed by atoms with E-state index < -0.39 is 0 Å². The average Bonchev–Trinajstić information content (AvgIpc) is 2.81. The molecule has 0 unspecified atom stereocenters. The minimum Gasteiger partial charge on any atom is -0.486 e. The van der Waals surface area contributed by atoms with E-state index in [1.807, 2.05) is 66.0 Å². The first-order valence-corrected chi connectivity index (χ1v) is 6.78. The van der Waals surface area contributed by atoms with Crippen LogP contribution in [0.15, 0.2) is 42.6 Å². The lowest BCUT2D eigenvalue weighted by molar-refractivity contribution is 0.0168. The van der Waals surface area contributed by atoms with Crippen LogP contribution in [0.25, 0.3) is 0 Å². The summed E-state index contributed by atoms with van der Waals surface area (Å²) in [6.45, 7) is 3.33. The summed E-state index contributed by atoms with van der Waals surface area (Å²) in [5.74, 6) is 0.977. The van der Waals surface area contributed by atoms with Gasteiger partial charge in [0.1, 0.15) is 17.5 Å². The fraction of sp³-hybridized carbons (Fsp3) is 0.312. The molecule has 3 rings (SSSR count). The van der Waals surface area contributed by atoms with Gasteiger partial charge in [-0.2, -0.15) is 0 Å². The Morgan fingerprint density at radius 2 is 1.95 bits per heavy atom. The van der Waals surface area contributed by atoms with E-state index >= 15 is 0 Å². The summed E-state index contributed by atoms with van der Waals surface area (Å²) in [4.78, 5) is 14.0. The topological polar surface area (TPSA) is 34.5 Å². The van der Waals surface area contributed by atoms with Crippen molar-refractivity contribution >= 4 is 5.91 Å². The van der Waals surface area contributed by atoms with Crippen molar-refractivity contribution in [1.29, 1.82) is 0 Å². The van der Waals surface area contributed by atoms with Crippen LogP contribution < -0.4 is 4.74 Å². The van der Waals surface area contributed by atoms with Crippen LogP contribution in [0, 0.1) is 6.92 Å². The van der Waals surface area contributed by atoms with Crippen molar-refractivity contribution in [3.05, 3.63) is 53.9 Å². The van der Waals surface area contributed by atoms with Gasteiger partial charge in [0.05, 0.1) is 13.1 Å². The molecule has 1 aliphatic heterocycles. The number of aromatic nitrogens is 1. The first-order valence-electron chi connectivity index (χ1n) is 6.78. The standard InChI is InChI=1S/C16H18N2O2/c1-12-6-3-4-8-15(12)20-13-10-18(11-13)16(19)14-7-5-9-17(14)2/h3-9,13H,10-11H2,1-2H3. The number of hydrogen-bond acceptors (Lipinski definition) is 2. The Kier molecular flexibility index (Phi) is 3.22. The highest BCUT2D eigenvalue weighted by molar-refractivity contribution is 5.93. The van der Waals surface area contributed by atoms with Crippen molar-refractivity contribution in [3.8, 4) is 5.75 Å². The third-order valence-electron chi connectivity index (χ3n) is 3.69.